The lowest BCUT2D eigenvalue weighted by molar-refractivity contribution is 0.561. The third-order valence-corrected chi connectivity index (χ3v) is 6.32. The van der Waals surface area contributed by atoms with E-state index in [-0.39, 0.29) is 0 Å². The molecular formula is C28H15BrO4. The Hall–Kier alpha value is -3.96. The van der Waals surface area contributed by atoms with Gasteiger partial charge in [-0.2, -0.15) is 0 Å². The van der Waals surface area contributed by atoms with Gasteiger partial charge < -0.3 is 8.83 Å². The summed E-state index contributed by atoms with van der Waals surface area (Å²) in [4.78, 5) is 25.2. The molecule has 0 aliphatic rings. The highest BCUT2D eigenvalue weighted by atomic mass is 79.9. The van der Waals surface area contributed by atoms with Crippen LogP contribution in [-0.4, -0.2) is 0 Å². The molecule has 4 aromatic carbocycles. The first-order chi connectivity index (χ1) is 16.1. The van der Waals surface area contributed by atoms with Crippen molar-refractivity contribution in [3.63, 3.8) is 0 Å². The molecule has 158 valence electrons. The largest absolute Gasteiger partial charge is 0.423 e. The van der Waals surface area contributed by atoms with E-state index in [2.05, 4.69) is 15.9 Å². The lowest BCUT2D eigenvalue weighted by Crippen LogP contribution is -2.03. The molecule has 5 heteroatoms. The lowest BCUT2D eigenvalue weighted by Gasteiger charge is -2.11. The third kappa shape index (κ3) is 3.38. The molecule has 0 bridgehead atoms. The smallest absolute Gasteiger partial charge is 0.344 e. The van der Waals surface area contributed by atoms with Crippen molar-refractivity contribution in [1.82, 2.24) is 0 Å². The van der Waals surface area contributed by atoms with Crippen LogP contribution in [0.1, 0.15) is 0 Å². The van der Waals surface area contributed by atoms with Crippen molar-refractivity contribution in [2.45, 2.75) is 0 Å². The second-order valence-electron chi connectivity index (χ2n) is 7.85. The van der Waals surface area contributed by atoms with Crippen molar-refractivity contribution in [3.05, 3.63) is 116 Å². The molecule has 6 aromatic rings. The summed E-state index contributed by atoms with van der Waals surface area (Å²) in [5, 5.41) is 3.67. The molecule has 4 nitrogen and oxygen atoms in total. The minimum atomic E-state index is -0.423. The average Bonchev–Trinajstić information content (AvgIpc) is 2.83. The van der Waals surface area contributed by atoms with Gasteiger partial charge in [0.25, 0.3) is 0 Å². The van der Waals surface area contributed by atoms with Crippen molar-refractivity contribution in [2.24, 2.45) is 0 Å². The first kappa shape index (κ1) is 19.7. The highest BCUT2D eigenvalue weighted by Gasteiger charge is 2.14. The van der Waals surface area contributed by atoms with Gasteiger partial charge in [0.15, 0.2) is 0 Å². The van der Waals surface area contributed by atoms with Crippen LogP contribution in [-0.2, 0) is 0 Å². The third-order valence-electron chi connectivity index (χ3n) is 5.83. The van der Waals surface area contributed by atoms with Gasteiger partial charge >= 0.3 is 11.3 Å². The maximum Gasteiger partial charge on any atom is 0.344 e. The predicted octanol–water partition coefficient (Wildman–Crippen LogP) is 7.15. The number of hydrogen-bond acceptors (Lipinski definition) is 4. The van der Waals surface area contributed by atoms with Crippen LogP contribution in [0, 0.1) is 0 Å². The van der Waals surface area contributed by atoms with Gasteiger partial charge in [-0.1, -0.05) is 64.5 Å². The summed E-state index contributed by atoms with van der Waals surface area (Å²) in [7, 11) is 0. The Morgan fingerprint density at radius 2 is 1.39 bits per heavy atom. The maximum absolute atomic E-state index is 12.8. The Balaban J connectivity index is 1.64. The molecule has 0 aliphatic heterocycles. The Morgan fingerprint density at radius 1 is 0.576 bits per heavy atom. The molecule has 0 aliphatic carbocycles. The van der Waals surface area contributed by atoms with Crippen LogP contribution in [0.2, 0.25) is 0 Å². The van der Waals surface area contributed by atoms with Crippen molar-refractivity contribution in [3.8, 4) is 22.3 Å². The topological polar surface area (TPSA) is 60.4 Å². The average molecular weight is 495 g/mol. The first-order valence-electron chi connectivity index (χ1n) is 10.4. The van der Waals surface area contributed by atoms with E-state index in [1.165, 1.54) is 6.07 Å². The van der Waals surface area contributed by atoms with Gasteiger partial charge in [0.2, 0.25) is 0 Å². The summed E-state index contributed by atoms with van der Waals surface area (Å²) in [6.07, 6.45) is 0. The van der Waals surface area contributed by atoms with Crippen molar-refractivity contribution in [1.29, 1.82) is 0 Å². The zero-order valence-electron chi connectivity index (χ0n) is 17.2. The van der Waals surface area contributed by atoms with Gasteiger partial charge in [-0.05, 0) is 58.3 Å². The molecule has 2 aromatic heterocycles. The van der Waals surface area contributed by atoms with Gasteiger partial charge in [0, 0.05) is 26.9 Å². The first-order valence-corrected chi connectivity index (χ1v) is 11.2. The molecule has 0 amide bonds. The van der Waals surface area contributed by atoms with E-state index in [1.54, 1.807) is 18.2 Å². The summed E-state index contributed by atoms with van der Waals surface area (Å²) in [5.74, 6) is 0. The van der Waals surface area contributed by atoms with Gasteiger partial charge in [-0.15, -0.1) is 0 Å². The fraction of sp³-hybridized carbons (Fsp3) is 0. The molecule has 0 saturated carbocycles. The number of rotatable bonds is 2. The van der Waals surface area contributed by atoms with Crippen molar-refractivity contribution >= 4 is 48.6 Å². The fourth-order valence-corrected chi connectivity index (χ4v) is 4.69. The molecule has 0 fully saturated rings. The normalized spacial score (nSPS) is 11.4. The van der Waals surface area contributed by atoms with Gasteiger partial charge in [-0.3, -0.25) is 0 Å². The van der Waals surface area contributed by atoms with Crippen molar-refractivity contribution in [2.75, 3.05) is 0 Å². The molecule has 0 atom stereocenters. The summed E-state index contributed by atoms with van der Waals surface area (Å²) in [6.45, 7) is 0. The lowest BCUT2D eigenvalue weighted by atomic mass is 9.94. The summed E-state index contributed by atoms with van der Waals surface area (Å²) < 4.78 is 11.9. The van der Waals surface area contributed by atoms with Crippen LogP contribution < -0.4 is 11.3 Å². The minimum absolute atomic E-state index is 0.423. The molecule has 0 spiro atoms. The van der Waals surface area contributed by atoms with E-state index < -0.39 is 11.3 Å². The summed E-state index contributed by atoms with van der Waals surface area (Å²) in [5.41, 5.74) is 2.95. The molecule has 0 saturated heterocycles. The second kappa shape index (κ2) is 7.57. The van der Waals surface area contributed by atoms with Gasteiger partial charge in [-0.25, -0.2) is 9.59 Å². The van der Waals surface area contributed by atoms with Crippen LogP contribution >= 0.6 is 15.9 Å². The van der Waals surface area contributed by atoms with Gasteiger partial charge in [0.1, 0.15) is 11.2 Å². The van der Waals surface area contributed by atoms with E-state index >= 15 is 0 Å². The van der Waals surface area contributed by atoms with Crippen LogP contribution in [0.25, 0.3) is 55.0 Å². The van der Waals surface area contributed by atoms with Crippen LogP contribution in [0.4, 0.5) is 0 Å². The zero-order valence-corrected chi connectivity index (χ0v) is 18.8. The van der Waals surface area contributed by atoms with Crippen molar-refractivity contribution < 1.29 is 8.83 Å². The minimum Gasteiger partial charge on any atom is -0.423 e. The Kier molecular flexibility index (Phi) is 4.52. The number of hydrogen-bond donors (Lipinski definition) is 0. The van der Waals surface area contributed by atoms with E-state index in [1.807, 2.05) is 66.7 Å². The maximum atomic E-state index is 12.8. The molecule has 6 rings (SSSR count). The van der Waals surface area contributed by atoms with Crippen LogP contribution in [0.3, 0.4) is 0 Å². The van der Waals surface area contributed by atoms with Gasteiger partial charge in [0.05, 0.1) is 5.56 Å². The van der Waals surface area contributed by atoms with Crippen LogP contribution in [0.5, 0.6) is 0 Å². The fourth-order valence-electron chi connectivity index (χ4n) is 4.31. The summed E-state index contributed by atoms with van der Waals surface area (Å²) in [6, 6.07) is 28.2. The molecule has 2 heterocycles. The number of benzene rings is 4. The molecule has 0 radical (unpaired) electrons. The molecular weight excluding hydrogens is 480 g/mol. The Labute approximate surface area is 195 Å². The SMILES string of the molecule is O=c1cc(-c2cccc3ccccc23)c2cc(-c3cc4cc(Br)ccc4oc3=O)ccc2o1. The standard InChI is InChI=1S/C28H15BrO4/c29-19-9-11-25-18(12-19)14-22(28(31)33-25)17-8-10-26-24(13-17)23(15-27(30)32-26)21-7-3-5-16-4-1-2-6-20(16)21/h1-15H. The molecule has 0 unspecified atom stereocenters. The van der Waals surface area contributed by atoms with E-state index in [0.29, 0.717) is 22.3 Å². The van der Waals surface area contributed by atoms with E-state index in [4.69, 9.17) is 8.83 Å². The monoisotopic (exact) mass is 494 g/mol. The highest BCUT2D eigenvalue weighted by Crippen LogP contribution is 2.35. The number of halogens is 1. The zero-order chi connectivity index (χ0) is 22.5. The van der Waals surface area contributed by atoms with E-state index in [9.17, 15) is 9.59 Å². The highest BCUT2D eigenvalue weighted by molar-refractivity contribution is 9.10. The molecule has 0 N–H and O–H groups in total. The van der Waals surface area contributed by atoms with Crippen LogP contribution in [0.15, 0.2) is 114 Å². The summed E-state index contributed by atoms with van der Waals surface area (Å²) >= 11 is 3.46. The van der Waals surface area contributed by atoms with E-state index in [0.717, 1.165) is 37.1 Å². The Morgan fingerprint density at radius 3 is 2.30 bits per heavy atom. The molecule has 33 heavy (non-hydrogen) atoms. The second-order valence-corrected chi connectivity index (χ2v) is 8.76. The quantitative estimate of drug-likeness (QED) is 0.240. The predicted molar refractivity (Wildman–Crippen MR) is 135 cm³/mol. The number of fused-ring (bicyclic) bond motifs is 3. The Bertz CT molecular complexity index is 1820.